The number of halogens is 1. The SMILES string of the molecule is CCC(C)NC(=NCC(=O)N(C)C)NC1CCN(CCOC)CC1.I. The molecule has 1 aliphatic heterocycles. The summed E-state index contributed by atoms with van der Waals surface area (Å²) in [5.41, 5.74) is 0. The number of ether oxygens (including phenoxy) is 1. The Balaban J connectivity index is 0.00000576. The van der Waals surface area contributed by atoms with Crippen molar-refractivity contribution >= 4 is 35.8 Å². The van der Waals surface area contributed by atoms with Gasteiger partial charge in [-0.15, -0.1) is 24.0 Å². The van der Waals surface area contributed by atoms with E-state index in [-0.39, 0.29) is 36.4 Å². The Morgan fingerprint density at radius 3 is 2.52 bits per heavy atom. The number of hydrogen-bond donors (Lipinski definition) is 2. The zero-order valence-corrected chi connectivity index (χ0v) is 18.7. The highest BCUT2D eigenvalue weighted by Crippen LogP contribution is 2.10. The molecule has 0 aliphatic carbocycles. The lowest BCUT2D eigenvalue weighted by Crippen LogP contribution is -2.51. The number of amides is 1. The molecule has 0 aromatic rings. The summed E-state index contributed by atoms with van der Waals surface area (Å²) in [5, 5.41) is 6.89. The van der Waals surface area contributed by atoms with Gasteiger partial charge in [0.25, 0.3) is 0 Å². The van der Waals surface area contributed by atoms with Crippen molar-refractivity contribution < 1.29 is 9.53 Å². The van der Waals surface area contributed by atoms with E-state index in [1.807, 2.05) is 0 Å². The Morgan fingerprint density at radius 1 is 1.36 bits per heavy atom. The van der Waals surface area contributed by atoms with Crippen LogP contribution < -0.4 is 10.6 Å². The van der Waals surface area contributed by atoms with Gasteiger partial charge >= 0.3 is 0 Å². The average molecular weight is 469 g/mol. The number of guanidine groups is 1. The van der Waals surface area contributed by atoms with Crippen LogP contribution in [-0.4, -0.2) is 87.7 Å². The zero-order valence-electron chi connectivity index (χ0n) is 16.4. The summed E-state index contributed by atoms with van der Waals surface area (Å²) >= 11 is 0. The third-order valence-corrected chi connectivity index (χ3v) is 4.41. The minimum atomic E-state index is 0. The number of nitrogens with one attached hydrogen (secondary N) is 2. The normalized spacial score (nSPS) is 17.6. The molecule has 0 spiro atoms. The first-order chi connectivity index (χ1) is 11.5. The highest BCUT2D eigenvalue weighted by atomic mass is 127. The molecular formula is C17H36IN5O2. The van der Waals surface area contributed by atoms with Crippen LogP contribution in [0.3, 0.4) is 0 Å². The van der Waals surface area contributed by atoms with Crippen molar-refractivity contribution in [2.75, 3.05) is 54.0 Å². The molecule has 0 aromatic heterocycles. The molecular weight excluding hydrogens is 433 g/mol. The summed E-state index contributed by atoms with van der Waals surface area (Å²) in [6, 6.07) is 0.723. The van der Waals surface area contributed by atoms with Crippen molar-refractivity contribution in [2.24, 2.45) is 4.99 Å². The third kappa shape index (κ3) is 10.2. The van der Waals surface area contributed by atoms with Gasteiger partial charge < -0.3 is 25.2 Å². The summed E-state index contributed by atoms with van der Waals surface area (Å²) in [5.74, 6) is 0.754. The summed E-state index contributed by atoms with van der Waals surface area (Å²) < 4.78 is 5.14. The Kier molecular flexibility index (Phi) is 13.2. The van der Waals surface area contributed by atoms with Crippen molar-refractivity contribution in [3.63, 3.8) is 0 Å². The van der Waals surface area contributed by atoms with Crippen molar-refractivity contribution in [3.8, 4) is 0 Å². The van der Waals surface area contributed by atoms with Crippen LogP contribution in [0.4, 0.5) is 0 Å². The Morgan fingerprint density at radius 2 is 2.00 bits per heavy atom. The molecule has 1 fully saturated rings. The van der Waals surface area contributed by atoms with E-state index in [9.17, 15) is 4.79 Å². The van der Waals surface area contributed by atoms with Crippen molar-refractivity contribution in [1.29, 1.82) is 0 Å². The number of piperidine rings is 1. The molecule has 148 valence electrons. The molecule has 1 atom stereocenters. The van der Waals surface area contributed by atoms with E-state index in [0.29, 0.717) is 12.1 Å². The highest BCUT2D eigenvalue weighted by molar-refractivity contribution is 14.0. The first-order valence-electron chi connectivity index (χ1n) is 8.95. The maximum absolute atomic E-state index is 11.8. The average Bonchev–Trinajstić information content (AvgIpc) is 2.58. The lowest BCUT2D eigenvalue weighted by molar-refractivity contribution is -0.127. The van der Waals surface area contributed by atoms with E-state index in [2.05, 4.69) is 34.4 Å². The molecule has 1 amide bonds. The first kappa shape index (κ1) is 24.4. The van der Waals surface area contributed by atoms with Crippen LogP contribution >= 0.6 is 24.0 Å². The largest absolute Gasteiger partial charge is 0.383 e. The Labute approximate surface area is 170 Å². The summed E-state index contributed by atoms with van der Waals surface area (Å²) in [4.78, 5) is 20.2. The minimum absolute atomic E-state index is 0. The van der Waals surface area contributed by atoms with Crippen molar-refractivity contribution in [2.45, 2.75) is 45.2 Å². The Hall–Kier alpha value is -0.610. The predicted molar refractivity (Wildman–Crippen MR) is 114 cm³/mol. The van der Waals surface area contributed by atoms with E-state index in [0.717, 1.165) is 51.5 Å². The first-order valence-corrected chi connectivity index (χ1v) is 8.95. The Bertz CT molecular complexity index is 398. The fourth-order valence-electron chi connectivity index (χ4n) is 2.47. The second-order valence-corrected chi connectivity index (χ2v) is 6.66. The molecule has 25 heavy (non-hydrogen) atoms. The van der Waals surface area contributed by atoms with Gasteiger partial charge in [-0.05, 0) is 26.2 Å². The van der Waals surface area contributed by atoms with Crippen LogP contribution in [-0.2, 0) is 9.53 Å². The molecule has 1 unspecified atom stereocenters. The molecule has 1 aliphatic rings. The molecule has 1 saturated heterocycles. The second-order valence-electron chi connectivity index (χ2n) is 6.66. The molecule has 8 heteroatoms. The molecule has 7 nitrogen and oxygen atoms in total. The molecule has 0 aromatic carbocycles. The second kappa shape index (κ2) is 13.6. The van der Waals surface area contributed by atoms with E-state index >= 15 is 0 Å². The lowest BCUT2D eigenvalue weighted by Gasteiger charge is -2.33. The summed E-state index contributed by atoms with van der Waals surface area (Å²) in [6.07, 6.45) is 3.16. The van der Waals surface area contributed by atoms with Gasteiger partial charge in [0.1, 0.15) is 6.54 Å². The molecule has 1 heterocycles. The van der Waals surface area contributed by atoms with Crippen LogP contribution in [0.5, 0.6) is 0 Å². The number of hydrogen-bond acceptors (Lipinski definition) is 4. The third-order valence-electron chi connectivity index (χ3n) is 4.41. The van der Waals surface area contributed by atoms with Crippen LogP contribution in [0, 0.1) is 0 Å². The van der Waals surface area contributed by atoms with Crippen LogP contribution in [0.1, 0.15) is 33.1 Å². The number of aliphatic imine (C=N–C) groups is 1. The predicted octanol–water partition coefficient (Wildman–Crippen LogP) is 1.14. The number of likely N-dealkylation sites (tertiary alicyclic amines) is 1. The smallest absolute Gasteiger partial charge is 0.243 e. The zero-order chi connectivity index (χ0) is 17.9. The van der Waals surface area contributed by atoms with Crippen LogP contribution in [0.2, 0.25) is 0 Å². The quantitative estimate of drug-likeness (QED) is 0.317. The molecule has 0 bridgehead atoms. The van der Waals surface area contributed by atoms with Gasteiger partial charge in [-0.2, -0.15) is 0 Å². The van der Waals surface area contributed by atoms with Crippen LogP contribution in [0.15, 0.2) is 4.99 Å². The fraction of sp³-hybridized carbons (Fsp3) is 0.882. The number of likely N-dealkylation sites (N-methyl/N-ethyl adjacent to an activating group) is 1. The molecule has 2 N–H and O–H groups in total. The van der Waals surface area contributed by atoms with Gasteiger partial charge in [-0.1, -0.05) is 6.92 Å². The van der Waals surface area contributed by atoms with Gasteiger partial charge in [0.2, 0.25) is 5.91 Å². The van der Waals surface area contributed by atoms with Crippen LogP contribution in [0.25, 0.3) is 0 Å². The number of methoxy groups -OCH3 is 1. The van der Waals surface area contributed by atoms with E-state index in [1.54, 1.807) is 26.1 Å². The van der Waals surface area contributed by atoms with Gasteiger partial charge in [-0.3, -0.25) is 4.79 Å². The summed E-state index contributed by atoms with van der Waals surface area (Å²) in [6.45, 7) is 8.33. The maximum Gasteiger partial charge on any atom is 0.243 e. The topological polar surface area (TPSA) is 69.2 Å². The summed E-state index contributed by atoms with van der Waals surface area (Å²) in [7, 11) is 5.25. The number of rotatable bonds is 8. The molecule has 0 radical (unpaired) electrons. The van der Waals surface area contributed by atoms with Gasteiger partial charge in [0, 0.05) is 52.9 Å². The van der Waals surface area contributed by atoms with E-state index in [4.69, 9.17) is 4.74 Å². The number of carbonyl (C=O) groups is 1. The van der Waals surface area contributed by atoms with Gasteiger partial charge in [0.05, 0.1) is 6.61 Å². The number of nitrogens with zero attached hydrogens (tertiary/aromatic N) is 3. The fourth-order valence-corrected chi connectivity index (χ4v) is 2.47. The van der Waals surface area contributed by atoms with Crippen molar-refractivity contribution in [1.82, 2.24) is 20.4 Å². The van der Waals surface area contributed by atoms with Gasteiger partial charge in [0.15, 0.2) is 5.96 Å². The number of carbonyl (C=O) groups excluding carboxylic acids is 1. The van der Waals surface area contributed by atoms with E-state index < -0.39 is 0 Å². The maximum atomic E-state index is 11.8. The van der Waals surface area contributed by atoms with E-state index in [1.165, 1.54) is 0 Å². The highest BCUT2D eigenvalue weighted by Gasteiger charge is 2.20. The molecule has 0 saturated carbocycles. The van der Waals surface area contributed by atoms with Crippen molar-refractivity contribution in [3.05, 3.63) is 0 Å². The van der Waals surface area contributed by atoms with Gasteiger partial charge in [-0.25, -0.2) is 4.99 Å². The molecule has 1 rings (SSSR count). The standard InChI is InChI=1S/C17H35N5O2.HI/c1-6-14(2)19-17(18-13-16(23)21(3)4)20-15-7-9-22(10-8-15)11-12-24-5;/h14-15H,6-13H2,1-5H3,(H2,18,19,20);1H. The monoisotopic (exact) mass is 469 g/mol. The lowest BCUT2D eigenvalue weighted by atomic mass is 10.1. The minimum Gasteiger partial charge on any atom is -0.383 e.